The molecule has 0 spiro atoms. The molecule has 1 aromatic heterocycles. The second-order valence-corrected chi connectivity index (χ2v) is 7.28. The number of primary sulfonamides is 1. The van der Waals surface area contributed by atoms with E-state index in [4.69, 9.17) is 5.14 Å². The van der Waals surface area contributed by atoms with E-state index in [1.165, 1.54) is 12.1 Å². The first-order valence-electron chi connectivity index (χ1n) is 7.99. The molecular formula is C17H17N5O4S. The number of nitrogens with two attached hydrogens (primary N) is 1. The van der Waals surface area contributed by atoms with Crippen molar-refractivity contribution in [1.29, 1.82) is 0 Å². The maximum atomic E-state index is 12.2. The molecule has 10 heteroatoms. The Bertz CT molecular complexity index is 1100. The lowest BCUT2D eigenvalue weighted by atomic mass is 10.1. The summed E-state index contributed by atoms with van der Waals surface area (Å²) in [5.41, 5.74) is 0.865. The van der Waals surface area contributed by atoms with Gasteiger partial charge in [-0.15, -0.1) is 5.10 Å². The Morgan fingerprint density at radius 3 is 2.41 bits per heavy atom. The molecule has 0 fully saturated rings. The van der Waals surface area contributed by atoms with Gasteiger partial charge in [-0.1, -0.05) is 30.3 Å². The average Bonchev–Trinajstić information content (AvgIpc) is 3.04. The Hall–Kier alpha value is -3.24. The van der Waals surface area contributed by atoms with Crippen molar-refractivity contribution in [1.82, 2.24) is 20.1 Å². The molecule has 1 amide bonds. The molecule has 3 rings (SSSR count). The first kappa shape index (κ1) is 18.5. The standard InChI is InChI=1S/C17H17N5O4S/c18-27(25,26)14-8-6-12(7-9-14)10-11-19-16(23)15-20-17(24)22(21-15)13-4-2-1-3-5-13/h1-9H,10-11H2,(H,19,23)(H2,18,25,26)(H,20,21,24). The Morgan fingerprint density at radius 1 is 1.11 bits per heavy atom. The maximum absolute atomic E-state index is 12.2. The smallest absolute Gasteiger partial charge is 0.348 e. The number of aromatic nitrogens is 3. The summed E-state index contributed by atoms with van der Waals surface area (Å²) in [4.78, 5) is 26.6. The van der Waals surface area contributed by atoms with Gasteiger partial charge in [0.15, 0.2) is 0 Å². The Kier molecular flexibility index (Phi) is 5.19. The van der Waals surface area contributed by atoms with E-state index >= 15 is 0 Å². The minimum Gasteiger partial charge on any atom is -0.349 e. The highest BCUT2D eigenvalue weighted by Crippen LogP contribution is 2.09. The monoisotopic (exact) mass is 387 g/mol. The van der Waals surface area contributed by atoms with Crippen molar-refractivity contribution in [3.8, 4) is 5.69 Å². The fourth-order valence-electron chi connectivity index (χ4n) is 2.42. The largest absolute Gasteiger partial charge is 0.349 e. The zero-order valence-corrected chi connectivity index (χ0v) is 14.9. The fourth-order valence-corrected chi connectivity index (χ4v) is 2.94. The van der Waals surface area contributed by atoms with Crippen LogP contribution in [0.2, 0.25) is 0 Å². The van der Waals surface area contributed by atoms with Crippen molar-refractivity contribution in [2.24, 2.45) is 5.14 Å². The molecular weight excluding hydrogens is 370 g/mol. The molecule has 27 heavy (non-hydrogen) atoms. The zero-order valence-electron chi connectivity index (χ0n) is 14.1. The molecule has 0 aliphatic heterocycles. The van der Waals surface area contributed by atoms with E-state index in [0.29, 0.717) is 12.1 Å². The van der Waals surface area contributed by atoms with Gasteiger partial charge in [-0.25, -0.2) is 18.4 Å². The Balaban J connectivity index is 1.61. The van der Waals surface area contributed by atoms with Crippen LogP contribution in [0.4, 0.5) is 0 Å². The first-order valence-corrected chi connectivity index (χ1v) is 9.54. The number of rotatable bonds is 6. The average molecular weight is 387 g/mol. The molecule has 2 aromatic carbocycles. The van der Waals surface area contributed by atoms with Crippen LogP contribution < -0.4 is 16.1 Å². The lowest BCUT2D eigenvalue weighted by Gasteiger charge is -2.04. The molecule has 140 valence electrons. The van der Waals surface area contributed by atoms with Gasteiger partial charge in [-0.05, 0) is 36.2 Å². The SMILES string of the molecule is NS(=O)(=O)c1ccc(CCNC(=O)c2nn(-c3ccccc3)c(=O)[nH]2)cc1. The minimum atomic E-state index is -3.73. The van der Waals surface area contributed by atoms with Crippen LogP contribution in [0, 0.1) is 0 Å². The number of para-hydroxylation sites is 1. The number of amides is 1. The van der Waals surface area contributed by atoms with E-state index in [-0.39, 0.29) is 17.3 Å². The van der Waals surface area contributed by atoms with Gasteiger partial charge in [0.1, 0.15) is 0 Å². The summed E-state index contributed by atoms with van der Waals surface area (Å²) in [5, 5.41) is 11.7. The van der Waals surface area contributed by atoms with Gasteiger partial charge < -0.3 is 5.32 Å². The highest BCUT2D eigenvalue weighted by atomic mass is 32.2. The van der Waals surface area contributed by atoms with Gasteiger partial charge in [0.2, 0.25) is 15.8 Å². The fraction of sp³-hybridized carbons (Fsp3) is 0.118. The number of benzene rings is 2. The summed E-state index contributed by atoms with van der Waals surface area (Å²) in [6.07, 6.45) is 0.472. The molecule has 0 unspecified atom stereocenters. The second-order valence-electron chi connectivity index (χ2n) is 5.72. The van der Waals surface area contributed by atoms with Crippen LogP contribution in [0.1, 0.15) is 16.2 Å². The number of nitrogens with zero attached hydrogens (tertiary/aromatic N) is 2. The number of hydrogen-bond donors (Lipinski definition) is 3. The predicted octanol–water partition coefficient (Wildman–Crippen LogP) is 0.180. The minimum absolute atomic E-state index is 0.0271. The number of nitrogens with one attached hydrogen (secondary N) is 2. The van der Waals surface area contributed by atoms with Crippen molar-refractivity contribution in [2.75, 3.05) is 6.54 Å². The van der Waals surface area contributed by atoms with Crippen molar-refractivity contribution in [3.63, 3.8) is 0 Å². The quantitative estimate of drug-likeness (QED) is 0.553. The number of sulfonamides is 1. The van der Waals surface area contributed by atoms with E-state index in [1.54, 1.807) is 36.4 Å². The molecule has 0 aliphatic rings. The summed E-state index contributed by atoms with van der Waals surface area (Å²) in [6.45, 7) is 0.285. The van der Waals surface area contributed by atoms with E-state index in [0.717, 1.165) is 10.2 Å². The van der Waals surface area contributed by atoms with Crippen LogP contribution in [0.5, 0.6) is 0 Å². The number of hydrogen-bond acceptors (Lipinski definition) is 5. The zero-order chi connectivity index (χ0) is 19.4. The highest BCUT2D eigenvalue weighted by molar-refractivity contribution is 7.89. The molecule has 0 aliphatic carbocycles. The molecule has 3 aromatic rings. The molecule has 0 atom stereocenters. The van der Waals surface area contributed by atoms with E-state index in [1.807, 2.05) is 6.07 Å². The first-order chi connectivity index (χ1) is 12.8. The Morgan fingerprint density at radius 2 is 1.78 bits per heavy atom. The van der Waals surface area contributed by atoms with Gasteiger partial charge in [0.05, 0.1) is 10.6 Å². The second kappa shape index (κ2) is 7.56. The van der Waals surface area contributed by atoms with Gasteiger partial charge in [0.25, 0.3) is 5.91 Å². The number of H-pyrrole nitrogens is 1. The normalized spacial score (nSPS) is 11.3. The van der Waals surface area contributed by atoms with Gasteiger partial charge in [0, 0.05) is 6.54 Å². The predicted molar refractivity (Wildman–Crippen MR) is 98.0 cm³/mol. The number of carbonyl (C=O) groups is 1. The van der Waals surface area contributed by atoms with Crippen LogP contribution >= 0.6 is 0 Å². The highest BCUT2D eigenvalue weighted by Gasteiger charge is 2.14. The molecule has 9 nitrogen and oxygen atoms in total. The topological polar surface area (TPSA) is 140 Å². The molecule has 0 radical (unpaired) electrons. The summed E-state index contributed by atoms with van der Waals surface area (Å²) < 4.78 is 23.6. The number of carbonyl (C=O) groups excluding carboxylic acids is 1. The van der Waals surface area contributed by atoms with Crippen LogP contribution in [0.25, 0.3) is 5.69 Å². The van der Waals surface area contributed by atoms with Crippen molar-refractivity contribution in [3.05, 3.63) is 76.5 Å². The third-order valence-electron chi connectivity index (χ3n) is 3.78. The van der Waals surface area contributed by atoms with Crippen LogP contribution in [-0.4, -0.2) is 35.6 Å². The maximum Gasteiger partial charge on any atom is 0.348 e. The summed E-state index contributed by atoms with van der Waals surface area (Å²) in [5.74, 6) is -0.601. The van der Waals surface area contributed by atoms with E-state index in [2.05, 4.69) is 15.4 Å². The van der Waals surface area contributed by atoms with Crippen molar-refractivity contribution in [2.45, 2.75) is 11.3 Å². The summed E-state index contributed by atoms with van der Waals surface area (Å²) in [6, 6.07) is 14.8. The molecule has 0 saturated heterocycles. The molecule has 4 N–H and O–H groups in total. The molecule has 0 saturated carbocycles. The van der Waals surface area contributed by atoms with E-state index < -0.39 is 21.6 Å². The third kappa shape index (κ3) is 4.49. The lowest BCUT2D eigenvalue weighted by Crippen LogP contribution is -2.27. The lowest BCUT2D eigenvalue weighted by molar-refractivity contribution is 0.0944. The van der Waals surface area contributed by atoms with Gasteiger partial charge in [-0.2, -0.15) is 4.68 Å². The Labute approximate surface area is 154 Å². The summed E-state index contributed by atoms with van der Waals surface area (Å²) >= 11 is 0. The number of aromatic amines is 1. The van der Waals surface area contributed by atoms with Crippen molar-refractivity contribution >= 4 is 15.9 Å². The van der Waals surface area contributed by atoms with Crippen LogP contribution in [0.15, 0.2) is 64.3 Å². The molecule has 1 heterocycles. The van der Waals surface area contributed by atoms with Gasteiger partial charge >= 0.3 is 5.69 Å². The molecule has 0 bridgehead atoms. The summed E-state index contributed by atoms with van der Waals surface area (Å²) in [7, 11) is -3.73. The van der Waals surface area contributed by atoms with Gasteiger partial charge in [-0.3, -0.25) is 9.78 Å². The van der Waals surface area contributed by atoms with Crippen molar-refractivity contribution < 1.29 is 13.2 Å². The third-order valence-corrected chi connectivity index (χ3v) is 4.71. The van der Waals surface area contributed by atoms with Crippen LogP contribution in [-0.2, 0) is 16.4 Å². The van der Waals surface area contributed by atoms with Crippen LogP contribution in [0.3, 0.4) is 0 Å². The van der Waals surface area contributed by atoms with E-state index in [9.17, 15) is 18.0 Å².